The monoisotopic (exact) mass is 233 g/mol. The van der Waals surface area contributed by atoms with Gasteiger partial charge in [-0.25, -0.2) is 8.42 Å². The van der Waals surface area contributed by atoms with Gasteiger partial charge in [-0.3, -0.25) is 9.59 Å². The lowest BCUT2D eigenvalue weighted by molar-refractivity contribution is -0.164. The molecule has 0 radical (unpaired) electrons. The Morgan fingerprint density at radius 2 is 2.07 bits per heavy atom. The van der Waals surface area contributed by atoms with Crippen molar-refractivity contribution < 1.29 is 22.7 Å². The summed E-state index contributed by atoms with van der Waals surface area (Å²) < 4.78 is 27.0. The van der Waals surface area contributed by atoms with Crippen LogP contribution in [0.25, 0.3) is 0 Å². The van der Waals surface area contributed by atoms with E-state index < -0.39 is 15.8 Å². The predicted octanol–water partition coefficient (Wildman–Crippen LogP) is -1.44. The number of carbonyl (C=O) groups is 2. The zero-order valence-electron chi connectivity index (χ0n) is 8.01. The van der Waals surface area contributed by atoms with Gasteiger partial charge in [0.2, 0.25) is 0 Å². The summed E-state index contributed by atoms with van der Waals surface area (Å²) in [6.07, 6.45) is 0.418. The molecule has 2 saturated heterocycles. The minimum absolute atomic E-state index is 0.0357. The number of amides is 1. The molecule has 7 heteroatoms. The summed E-state index contributed by atoms with van der Waals surface area (Å²) in [5.74, 6) is -0.724. The predicted molar refractivity (Wildman–Crippen MR) is 49.7 cm³/mol. The van der Waals surface area contributed by atoms with Crippen LogP contribution in [0.5, 0.6) is 0 Å². The zero-order valence-corrected chi connectivity index (χ0v) is 8.83. The van der Waals surface area contributed by atoms with Gasteiger partial charge in [0, 0.05) is 6.04 Å². The van der Waals surface area contributed by atoms with E-state index in [-0.39, 0.29) is 36.6 Å². The molecule has 2 rings (SSSR count). The first-order chi connectivity index (χ1) is 6.98. The third kappa shape index (κ3) is 2.11. The molecule has 0 aromatic carbocycles. The van der Waals surface area contributed by atoms with E-state index in [2.05, 4.69) is 4.74 Å². The molecule has 2 heterocycles. The van der Waals surface area contributed by atoms with Gasteiger partial charge in [0.05, 0.1) is 11.5 Å². The first-order valence-electron chi connectivity index (χ1n) is 4.63. The summed E-state index contributed by atoms with van der Waals surface area (Å²) in [5, 5.41) is 0. The second-order valence-electron chi connectivity index (χ2n) is 3.74. The van der Waals surface area contributed by atoms with Crippen LogP contribution in [0.15, 0.2) is 0 Å². The number of sulfone groups is 1. The molecule has 0 aromatic heterocycles. The fraction of sp³-hybridized carbons (Fsp3) is 0.750. The lowest BCUT2D eigenvalue weighted by Gasteiger charge is -2.30. The Balaban J connectivity index is 2.10. The summed E-state index contributed by atoms with van der Waals surface area (Å²) in [6, 6.07) is -0.352. The van der Waals surface area contributed by atoms with Crippen LogP contribution in [0.3, 0.4) is 0 Å². The molecule has 0 aliphatic carbocycles. The topological polar surface area (TPSA) is 80.8 Å². The quantitative estimate of drug-likeness (QED) is 0.518. The van der Waals surface area contributed by atoms with Crippen molar-refractivity contribution in [3.63, 3.8) is 0 Å². The number of ether oxygens (including phenoxy) is 1. The average molecular weight is 233 g/mol. The maximum atomic E-state index is 11.4. The molecule has 0 spiro atoms. The van der Waals surface area contributed by atoms with Crippen molar-refractivity contribution in [1.29, 1.82) is 0 Å². The molecule has 1 amide bonds. The number of hydrogen-bond donors (Lipinski definition) is 0. The standard InChI is InChI=1S/C8H11NO5S/c10-7-4-14-8(11)3-9(7)6-1-2-15(12,13)5-6/h6H,1-5H2. The molecule has 84 valence electrons. The molecule has 2 fully saturated rings. The van der Waals surface area contributed by atoms with Crippen molar-refractivity contribution in [1.82, 2.24) is 4.90 Å². The van der Waals surface area contributed by atoms with Gasteiger partial charge in [-0.15, -0.1) is 0 Å². The van der Waals surface area contributed by atoms with Crippen molar-refractivity contribution in [2.45, 2.75) is 12.5 Å². The molecule has 2 aliphatic rings. The van der Waals surface area contributed by atoms with Crippen molar-refractivity contribution in [3.05, 3.63) is 0 Å². The van der Waals surface area contributed by atoms with Gasteiger partial charge in [0.15, 0.2) is 16.4 Å². The molecular weight excluding hydrogens is 222 g/mol. The normalized spacial score (nSPS) is 30.4. The van der Waals surface area contributed by atoms with Crippen LogP contribution in [0.1, 0.15) is 6.42 Å². The minimum Gasteiger partial charge on any atom is -0.454 e. The average Bonchev–Trinajstić information content (AvgIpc) is 2.50. The van der Waals surface area contributed by atoms with Crippen LogP contribution < -0.4 is 0 Å². The summed E-state index contributed by atoms with van der Waals surface area (Å²) >= 11 is 0. The molecule has 2 aliphatic heterocycles. The molecule has 0 bridgehead atoms. The van der Waals surface area contributed by atoms with Gasteiger partial charge in [-0.2, -0.15) is 0 Å². The van der Waals surface area contributed by atoms with E-state index in [0.29, 0.717) is 6.42 Å². The van der Waals surface area contributed by atoms with Crippen LogP contribution in [-0.2, 0) is 24.2 Å². The fourth-order valence-corrected chi connectivity index (χ4v) is 3.58. The smallest absolute Gasteiger partial charge is 0.326 e. The zero-order chi connectivity index (χ0) is 11.1. The highest BCUT2D eigenvalue weighted by atomic mass is 32.2. The van der Waals surface area contributed by atoms with Gasteiger partial charge in [-0.1, -0.05) is 0 Å². The number of rotatable bonds is 1. The van der Waals surface area contributed by atoms with Gasteiger partial charge < -0.3 is 9.64 Å². The highest BCUT2D eigenvalue weighted by Crippen LogP contribution is 2.19. The highest BCUT2D eigenvalue weighted by molar-refractivity contribution is 7.91. The maximum Gasteiger partial charge on any atom is 0.326 e. The largest absolute Gasteiger partial charge is 0.454 e. The molecule has 1 atom stereocenters. The number of nitrogens with zero attached hydrogens (tertiary/aromatic N) is 1. The van der Waals surface area contributed by atoms with Crippen LogP contribution in [0.2, 0.25) is 0 Å². The summed E-state index contributed by atoms with van der Waals surface area (Å²) in [4.78, 5) is 23.7. The Bertz CT molecular complexity index is 401. The van der Waals surface area contributed by atoms with E-state index in [1.54, 1.807) is 0 Å². The first kappa shape index (κ1) is 10.4. The van der Waals surface area contributed by atoms with E-state index in [9.17, 15) is 18.0 Å². The number of carbonyl (C=O) groups excluding carboxylic acids is 2. The number of morpholine rings is 1. The molecule has 0 aromatic rings. The van der Waals surface area contributed by atoms with Gasteiger partial charge >= 0.3 is 5.97 Å². The second-order valence-corrected chi connectivity index (χ2v) is 5.97. The Morgan fingerprint density at radius 1 is 1.33 bits per heavy atom. The van der Waals surface area contributed by atoms with E-state index >= 15 is 0 Å². The van der Waals surface area contributed by atoms with Crippen molar-refractivity contribution in [3.8, 4) is 0 Å². The van der Waals surface area contributed by atoms with Crippen molar-refractivity contribution in [2.24, 2.45) is 0 Å². The van der Waals surface area contributed by atoms with Crippen LogP contribution in [0.4, 0.5) is 0 Å². The highest BCUT2D eigenvalue weighted by Gasteiger charge is 2.37. The van der Waals surface area contributed by atoms with Crippen LogP contribution >= 0.6 is 0 Å². The van der Waals surface area contributed by atoms with E-state index in [0.717, 1.165) is 0 Å². The third-order valence-corrected chi connectivity index (χ3v) is 4.38. The molecule has 15 heavy (non-hydrogen) atoms. The van der Waals surface area contributed by atoms with Crippen LogP contribution in [-0.4, -0.2) is 55.9 Å². The van der Waals surface area contributed by atoms with Gasteiger partial charge in [-0.05, 0) is 6.42 Å². The molecule has 0 N–H and O–H groups in total. The number of esters is 1. The lowest BCUT2D eigenvalue weighted by atomic mass is 10.2. The Kier molecular flexibility index (Phi) is 2.41. The Hall–Kier alpha value is -1.11. The Labute approximate surface area is 87.1 Å². The first-order valence-corrected chi connectivity index (χ1v) is 6.45. The van der Waals surface area contributed by atoms with Gasteiger partial charge in [0.1, 0.15) is 6.54 Å². The van der Waals surface area contributed by atoms with Crippen molar-refractivity contribution >= 4 is 21.7 Å². The molecule has 1 unspecified atom stereocenters. The summed E-state index contributed by atoms with van der Waals surface area (Å²) in [5.41, 5.74) is 0. The number of hydrogen-bond acceptors (Lipinski definition) is 5. The SMILES string of the molecule is O=C1CN(C2CCS(=O)(=O)C2)C(=O)CO1. The van der Waals surface area contributed by atoms with E-state index in [1.807, 2.05) is 0 Å². The lowest BCUT2D eigenvalue weighted by Crippen LogP contribution is -2.50. The van der Waals surface area contributed by atoms with Gasteiger partial charge in [0.25, 0.3) is 5.91 Å². The molecule has 0 saturated carbocycles. The van der Waals surface area contributed by atoms with E-state index in [1.165, 1.54) is 4.90 Å². The van der Waals surface area contributed by atoms with E-state index in [4.69, 9.17) is 0 Å². The second kappa shape index (κ2) is 3.48. The summed E-state index contributed by atoms with van der Waals surface area (Å²) in [7, 11) is -3.03. The number of cyclic esters (lactones) is 1. The van der Waals surface area contributed by atoms with Crippen LogP contribution in [0, 0.1) is 0 Å². The summed E-state index contributed by atoms with van der Waals surface area (Å²) in [6.45, 7) is -0.394. The minimum atomic E-state index is -3.03. The molecule has 6 nitrogen and oxygen atoms in total. The Morgan fingerprint density at radius 3 is 2.67 bits per heavy atom. The maximum absolute atomic E-state index is 11.4. The van der Waals surface area contributed by atoms with Crippen molar-refractivity contribution in [2.75, 3.05) is 24.7 Å². The fourth-order valence-electron chi connectivity index (χ4n) is 1.85. The molecular formula is C8H11NO5S. The third-order valence-electron chi connectivity index (χ3n) is 2.63.